The van der Waals surface area contributed by atoms with Crippen molar-refractivity contribution in [3.63, 3.8) is 0 Å². The van der Waals surface area contributed by atoms with Crippen LogP contribution in [-0.4, -0.2) is 24.5 Å². The van der Waals surface area contributed by atoms with Crippen molar-refractivity contribution >= 4 is 5.97 Å². The topological polar surface area (TPSA) is 82.6 Å². The second kappa shape index (κ2) is 4.40. The lowest BCUT2D eigenvalue weighted by molar-refractivity contribution is -0.479. The van der Waals surface area contributed by atoms with Gasteiger partial charge in [0.25, 0.3) is 0 Å². The highest BCUT2D eigenvalue weighted by atomic mass is 16.6. The average Bonchev–Trinajstić information content (AvgIpc) is 2.62. The molecule has 6 nitrogen and oxygen atoms in total. The summed E-state index contributed by atoms with van der Waals surface area (Å²) in [5.74, 6) is -0.120. The number of esters is 1. The minimum Gasteiger partial charge on any atom is -0.463 e. The van der Waals surface area contributed by atoms with Crippen LogP contribution < -0.4 is 0 Å². The molecule has 1 aromatic rings. The Morgan fingerprint density at radius 2 is 2.36 bits per heavy atom. The van der Waals surface area contributed by atoms with Gasteiger partial charge in [-0.05, 0) is 12.1 Å². The van der Waals surface area contributed by atoms with Crippen LogP contribution in [0.4, 0.5) is 0 Å². The third kappa shape index (κ3) is 2.58. The van der Waals surface area contributed by atoms with Gasteiger partial charge in [0.1, 0.15) is 5.76 Å². The van der Waals surface area contributed by atoms with E-state index in [-0.39, 0.29) is 18.7 Å². The van der Waals surface area contributed by atoms with E-state index in [1.54, 1.807) is 0 Å². The van der Waals surface area contributed by atoms with Gasteiger partial charge in [-0.25, -0.2) is 4.79 Å². The van der Waals surface area contributed by atoms with Crippen molar-refractivity contribution in [2.24, 2.45) is 0 Å². The quantitative estimate of drug-likeness (QED) is 0.408. The number of ether oxygens (including phenoxy) is 1. The van der Waals surface area contributed by atoms with E-state index in [1.165, 1.54) is 19.2 Å². The molecule has 1 aromatic heterocycles. The number of nitro groups is 1. The number of nitrogens with zero attached hydrogens (tertiary/aromatic N) is 1. The molecular weight excluding hydrogens is 190 g/mol. The van der Waals surface area contributed by atoms with Crippen molar-refractivity contribution in [1.29, 1.82) is 0 Å². The SMILES string of the molecule is COC(=O)c1ccc(CC[N+](=O)[O-])o1. The molecule has 1 rings (SSSR count). The minimum atomic E-state index is -0.586. The van der Waals surface area contributed by atoms with Gasteiger partial charge in [0.2, 0.25) is 12.3 Å². The van der Waals surface area contributed by atoms with Crippen LogP contribution in [-0.2, 0) is 11.2 Å². The molecule has 0 bridgehead atoms. The van der Waals surface area contributed by atoms with Crippen LogP contribution in [0.15, 0.2) is 16.5 Å². The van der Waals surface area contributed by atoms with E-state index in [1.807, 2.05) is 0 Å². The van der Waals surface area contributed by atoms with Gasteiger partial charge in [-0.3, -0.25) is 10.1 Å². The van der Waals surface area contributed by atoms with E-state index in [4.69, 9.17) is 4.42 Å². The number of furan rings is 1. The van der Waals surface area contributed by atoms with Crippen LogP contribution in [0, 0.1) is 10.1 Å². The predicted molar refractivity (Wildman–Crippen MR) is 45.6 cm³/mol. The summed E-state index contributed by atoms with van der Waals surface area (Å²) in [5.41, 5.74) is 0. The zero-order chi connectivity index (χ0) is 10.6. The zero-order valence-electron chi connectivity index (χ0n) is 7.56. The van der Waals surface area contributed by atoms with Crippen molar-refractivity contribution in [2.45, 2.75) is 6.42 Å². The van der Waals surface area contributed by atoms with E-state index in [0.717, 1.165) is 0 Å². The maximum absolute atomic E-state index is 10.9. The van der Waals surface area contributed by atoms with Crippen molar-refractivity contribution in [3.8, 4) is 0 Å². The van der Waals surface area contributed by atoms with Crippen LogP contribution in [0.5, 0.6) is 0 Å². The summed E-state index contributed by atoms with van der Waals surface area (Å²) in [6, 6.07) is 2.96. The third-order valence-corrected chi connectivity index (χ3v) is 1.59. The number of hydrogen-bond donors (Lipinski definition) is 0. The average molecular weight is 199 g/mol. The number of carbonyl (C=O) groups is 1. The monoisotopic (exact) mass is 199 g/mol. The smallest absolute Gasteiger partial charge is 0.373 e. The number of rotatable bonds is 4. The van der Waals surface area contributed by atoms with Crippen LogP contribution in [0.2, 0.25) is 0 Å². The second-order valence-corrected chi connectivity index (χ2v) is 2.56. The first-order valence-electron chi connectivity index (χ1n) is 3.92. The summed E-state index contributed by atoms with van der Waals surface area (Å²) < 4.78 is 9.42. The Morgan fingerprint density at radius 1 is 1.64 bits per heavy atom. The highest BCUT2D eigenvalue weighted by Gasteiger charge is 2.11. The van der Waals surface area contributed by atoms with E-state index < -0.39 is 10.9 Å². The Hall–Kier alpha value is -1.85. The predicted octanol–water partition coefficient (Wildman–Crippen LogP) is 0.885. The summed E-state index contributed by atoms with van der Waals surface area (Å²) >= 11 is 0. The molecule has 0 unspecified atom stereocenters. The van der Waals surface area contributed by atoms with Crippen molar-refractivity contribution < 1.29 is 18.9 Å². The number of methoxy groups -OCH3 is 1. The lowest BCUT2D eigenvalue weighted by atomic mass is 10.3. The zero-order valence-corrected chi connectivity index (χ0v) is 7.56. The fourth-order valence-corrected chi connectivity index (χ4v) is 0.924. The molecule has 6 heteroatoms. The minimum absolute atomic E-state index is 0.0610. The molecule has 0 atom stereocenters. The largest absolute Gasteiger partial charge is 0.463 e. The van der Waals surface area contributed by atoms with E-state index in [2.05, 4.69) is 4.74 Å². The molecule has 0 saturated carbocycles. The first-order valence-corrected chi connectivity index (χ1v) is 3.92. The van der Waals surface area contributed by atoms with Gasteiger partial charge in [0, 0.05) is 4.92 Å². The molecular formula is C8H9NO5. The maximum atomic E-state index is 10.9. The van der Waals surface area contributed by atoms with E-state index in [9.17, 15) is 14.9 Å². The lowest BCUT2D eigenvalue weighted by Crippen LogP contribution is -2.03. The highest BCUT2D eigenvalue weighted by molar-refractivity contribution is 5.86. The van der Waals surface area contributed by atoms with Gasteiger partial charge in [-0.1, -0.05) is 0 Å². The fraction of sp³-hybridized carbons (Fsp3) is 0.375. The summed E-state index contributed by atoms with van der Waals surface area (Å²) in [4.78, 5) is 20.5. The molecule has 0 aliphatic carbocycles. The molecule has 0 amide bonds. The first kappa shape index (κ1) is 10.2. The Kier molecular flexibility index (Phi) is 3.22. The van der Waals surface area contributed by atoms with Gasteiger partial charge < -0.3 is 9.15 Å². The number of carbonyl (C=O) groups excluding carboxylic acids is 1. The molecule has 1 heterocycles. The standard InChI is InChI=1S/C8H9NO5/c1-13-8(10)7-3-2-6(14-7)4-5-9(11)12/h2-3H,4-5H2,1H3. The van der Waals surface area contributed by atoms with Gasteiger partial charge in [-0.15, -0.1) is 0 Å². The molecule has 14 heavy (non-hydrogen) atoms. The first-order chi connectivity index (χ1) is 6.63. The molecule has 0 aliphatic rings. The summed E-state index contributed by atoms with van der Waals surface area (Å²) in [6.07, 6.45) is 0.171. The van der Waals surface area contributed by atoms with E-state index >= 15 is 0 Å². The molecule has 76 valence electrons. The Balaban J connectivity index is 2.59. The molecule has 0 aromatic carbocycles. The molecule has 0 radical (unpaired) electrons. The summed E-state index contributed by atoms with van der Waals surface area (Å²) in [6.45, 7) is -0.214. The van der Waals surface area contributed by atoms with Gasteiger partial charge >= 0.3 is 5.97 Å². The Morgan fingerprint density at radius 3 is 2.93 bits per heavy atom. The molecule has 0 N–H and O–H groups in total. The summed E-state index contributed by atoms with van der Waals surface area (Å²) in [7, 11) is 1.24. The van der Waals surface area contributed by atoms with Gasteiger partial charge in [0.05, 0.1) is 13.5 Å². The Bertz CT molecular complexity index is 343. The molecule has 0 fully saturated rings. The maximum Gasteiger partial charge on any atom is 0.373 e. The molecule has 0 spiro atoms. The highest BCUT2D eigenvalue weighted by Crippen LogP contribution is 2.09. The molecule has 0 aliphatic heterocycles. The van der Waals surface area contributed by atoms with Crippen LogP contribution in [0.3, 0.4) is 0 Å². The third-order valence-electron chi connectivity index (χ3n) is 1.59. The van der Waals surface area contributed by atoms with Gasteiger partial charge in [0.15, 0.2) is 0 Å². The van der Waals surface area contributed by atoms with Crippen LogP contribution in [0.25, 0.3) is 0 Å². The Labute approximate surface area is 79.6 Å². The number of hydrogen-bond acceptors (Lipinski definition) is 5. The van der Waals surface area contributed by atoms with Crippen LogP contribution in [0.1, 0.15) is 16.3 Å². The van der Waals surface area contributed by atoms with Crippen molar-refractivity contribution in [1.82, 2.24) is 0 Å². The normalized spacial score (nSPS) is 9.79. The fourth-order valence-electron chi connectivity index (χ4n) is 0.924. The molecule has 0 saturated heterocycles. The second-order valence-electron chi connectivity index (χ2n) is 2.56. The summed E-state index contributed by atoms with van der Waals surface area (Å²) in [5, 5.41) is 10.0. The van der Waals surface area contributed by atoms with Crippen LogP contribution >= 0.6 is 0 Å². The van der Waals surface area contributed by atoms with Gasteiger partial charge in [-0.2, -0.15) is 0 Å². The van der Waals surface area contributed by atoms with Crippen molar-refractivity contribution in [2.75, 3.05) is 13.7 Å². The van der Waals surface area contributed by atoms with Crippen molar-refractivity contribution in [3.05, 3.63) is 33.8 Å². The lowest BCUT2D eigenvalue weighted by Gasteiger charge is -1.93. The van der Waals surface area contributed by atoms with E-state index in [0.29, 0.717) is 5.76 Å².